The summed E-state index contributed by atoms with van der Waals surface area (Å²) in [7, 11) is 1.39. The van der Waals surface area contributed by atoms with Crippen LogP contribution in [0.1, 0.15) is 26.7 Å². The second-order valence-corrected chi connectivity index (χ2v) is 7.23. The fourth-order valence-electron chi connectivity index (χ4n) is 0.972. The first-order chi connectivity index (χ1) is 8.17. The molecule has 1 aromatic rings. The van der Waals surface area contributed by atoms with Crippen molar-refractivity contribution in [3.8, 4) is 0 Å². The second-order valence-electron chi connectivity index (χ2n) is 3.32. The largest absolute Gasteiger partial charge is 0.468 e. The van der Waals surface area contributed by atoms with Crippen molar-refractivity contribution in [1.29, 1.82) is 0 Å². The highest BCUT2D eigenvalue weighted by Crippen LogP contribution is 2.31. The highest BCUT2D eigenvalue weighted by Gasteiger charge is 2.17. The van der Waals surface area contributed by atoms with Crippen LogP contribution in [-0.4, -0.2) is 34.3 Å². The zero-order chi connectivity index (χ0) is 12.7. The van der Waals surface area contributed by atoms with Gasteiger partial charge in [0.1, 0.15) is 5.25 Å². The lowest BCUT2D eigenvalue weighted by atomic mass is 10.4. The van der Waals surface area contributed by atoms with Gasteiger partial charge in [0.2, 0.25) is 0 Å². The van der Waals surface area contributed by atoms with Gasteiger partial charge in [-0.1, -0.05) is 48.2 Å². The number of hydrogen-bond donors (Lipinski definition) is 0. The number of aromatic nitrogens is 2. The SMILES string of the molecule is CCCCSc1nnc(SC(C)C(=O)OC)s1. The number of ether oxygens (including phenoxy) is 1. The minimum atomic E-state index is -0.235. The van der Waals surface area contributed by atoms with Crippen LogP contribution in [0.2, 0.25) is 0 Å². The molecule has 96 valence electrons. The average molecular weight is 292 g/mol. The predicted molar refractivity (Wildman–Crippen MR) is 72.9 cm³/mol. The molecule has 0 aliphatic rings. The summed E-state index contributed by atoms with van der Waals surface area (Å²) in [6.45, 7) is 3.97. The van der Waals surface area contributed by atoms with Crippen LogP contribution < -0.4 is 0 Å². The molecule has 1 unspecified atom stereocenters. The van der Waals surface area contributed by atoms with Crippen molar-refractivity contribution in [3.63, 3.8) is 0 Å². The Bertz CT molecular complexity index is 357. The summed E-state index contributed by atoms with van der Waals surface area (Å²) in [4.78, 5) is 11.2. The molecule has 0 saturated carbocycles. The molecular formula is C10H16N2O2S3. The van der Waals surface area contributed by atoms with Crippen LogP contribution in [0.4, 0.5) is 0 Å². The van der Waals surface area contributed by atoms with E-state index in [1.807, 2.05) is 6.92 Å². The summed E-state index contributed by atoms with van der Waals surface area (Å²) in [5, 5.41) is 7.90. The maximum atomic E-state index is 11.2. The zero-order valence-electron chi connectivity index (χ0n) is 10.1. The molecule has 0 saturated heterocycles. The van der Waals surface area contributed by atoms with Crippen molar-refractivity contribution in [3.05, 3.63) is 0 Å². The quantitative estimate of drug-likeness (QED) is 0.437. The Balaban J connectivity index is 2.42. The maximum Gasteiger partial charge on any atom is 0.318 e. The van der Waals surface area contributed by atoms with Gasteiger partial charge in [-0.15, -0.1) is 10.2 Å². The molecule has 1 heterocycles. The Hall–Kier alpha value is -0.270. The number of thioether (sulfide) groups is 2. The van der Waals surface area contributed by atoms with Gasteiger partial charge >= 0.3 is 5.97 Å². The molecule has 0 aliphatic carbocycles. The molecule has 1 rings (SSSR count). The molecule has 0 radical (unpaired) electrons. The zero-order valence-corrected chi connectivity index (χ0v) is 12.6. The standard InChI is InChI=1S/C10H16N2O2S3/c1-4-5-6-15-9-11-12-10(17-9)16-7(2)8(13)14-3/h7H,4-6H2,1-3H3. The van der Waals surface area contributed by atoms with E-state index in [1.54, 1.807) is 11.8 Å². The van der Waals surface area contributed by atoms with Crippen molar-refractivity contribution < 1.29 is 9.53 Å². The number of nitrogens with zero attached hydrogens (tertiary/aromatic N) is 2. The molecule has 0 bridgehead atoms. The average Bonchev–Trinajstić information content (AvgIpc) is 2.76. The molecule has 1 atom stereocenters. The Labute approximate surface area is 114 Å². The van der Waals surface area contributed by atoms with Gasteiger partial charge in [-0.05, 0) is 13.3 Å². The first-order valence-electron chi connectivity index (χ1n) is 5.38. The van der Waals surface area contributed by atoms with E-state index in [9.17, 15) is 4.79 Å². The first kappa shape index (κ1) is 14.8. The first-order valence-corrected chi connectivity index (χ1v) is 8.06. The number of unbranched alkanes of at least 4 members (excludes halogenated alkanes) is 1. The predicted octanol–water partition coefficient (Wildman–Crippen LogP) is 3.08. The van der Waals surface area contributed by atoms with Crippen LogP contribution in [-0.2, 0) is 9.53 Å². The Morgan fingerprint density at radius 2 is 2.18 bits per heavy atom. The third kappa shape index (κ3) is 5.27. The fourth-order valence-corrected chi connectivity index (χ4v) is 4.32. The van der Waals surface area contributed by atoms with E-state index in [2.05, 4.69) is 21.9 Å². The van der Waals surface area contributed by atoms with Crippen LogP contribution in [0.3, 0.4) is 0 Å². The second kappa shape index (κ2) is 7.94. The molecule has 7 heteroatoms. The fraction of sp³-hybridized carbons (Fsp3) is 0.700. The molecule has 0 spiro atoms. The molecule has 0 aliphatic heterocycles. The van der Waals surface area contributed by atoms with Crippen molar-refractivity contribution in [2.75, 3.05) is 12.9 Å². The van der Waals surface area contributed by atoms with Gasteiger partial charge < -0.3 is 4.74 Å². The topological polar surface area (TPSA) is 52.1 Å². The lowest BCUT2D eigenvalue weighted by Crippen LogP contribution is -2.14. The van der Waals surface area contributed by atoms with Crippen LogP contribution in [0.15, 0.2) is 8.68 Å². The number of carbonyl (C=O) groups excluding carboxylic acids is 1. The summed E-state index contributed by atoms with van der Waals surface area (Å²) in [6, 6.07) is 0. The Morgan fingerprint density at radius 1 is 1.47 bits per heavy atom. The van der Waals surface area contributed by atoms with Crippen molar-refractivity contribution in [2.45, 2.75) is 40.6 Å². The maximum absolute atomic E-state index is 11.2. The third-order valence-electron chi connectivity index (χ3n) is 1.92. The molecule has 1 aromatic heterocycles. The van der Waals surface area contributed by atoms with E-state index in [4.69, 9.17) is 0 Å². The molecule has 4 nitrogen and oxygen atoms in total. The monoisotopic (exact) mass is 292 g/mol. The molecule has 17 heavy (non-hydrogen) atoms. The van der Waals surface area contributed by atoms with Gasteiger partial charge in [0.15, 0.2) is 8.68 Å². The highest BCUT2D eigenvalue weighted by molar-refractivity contribution is 8.03. The Morgan fingerprint density at radius 3 is 2.82 bits per heavy atom. The normalized spacial score (nSPS) is 12.4. The lowest BCUT2D eigenvalue weighted by molar-refractivity contribution is -0.139. The Kier molecular flexibility index (Phi) is 6.91. The number of hydrogen-bond acceptors (Lipinski definition) is 7. The van der Waals surface area contributed by atoms with Gasteiger partial charge in [0, 0.05) is 5.75 Å². The van der Waals surface area contributed by atoms with E-state index >= 15 is 0 Å². The highest BCUT2D eigenvalue weighted by atomic mass is 32.2. The number of methoxy groups -OCH3 is 1. The summed E-state index contributed by atoms with van der Waals surface area (Å²) in [5.41, 5.74) is 0. The smallest absolute Gasteiger partial charge is 0.318 e. The van der Waals surface area contributed by atoms with E-state index in [1.165, 1.54) is 43.1 Å². The van der Waals surface area contributed by atoms with Gasteiger partial charge in [0.25, 0.3) is 0 Å². The molecular weight excluding hydrogens is 276 g/mol. The van der Waals surface area contributed by atoms with Crippen LogP contribution >= 0.6 is 34.9 Å². The summed E-state index contributed by atoms with van der Waals surface area (Å²) in [6.07, 6.45) is 2.37. The molecule has 0 fully saturated rings. The van der Waals surface area contributed by atoms with Gasteiger partial charge in [-0.25, -0.2) is 0 Å². The lowest BCUT2D eigenvalue weighted by Gasteiger charge is -2.04. The van der Waals surface area contributed by atoms with E-state index < -0.39 is 0 Å². The van der Waals surface area contributed by atoms with Gasteiger partial charge in [-0.3, -0.25) is 4.79 Å². The van der Waals surface area contributed by atoms with E-state index in [0.717, 1.165) is 14.4 Å². The summed E-state index contributed by atoms with van der Waals surface area (Å²) in [5.74, 6) is 0.841. The van der Waals surface area contributed by atoms with Crippen LogP contribution in [0, 0.1) is 0 Å². The van der Waals surface area contributed by atoms with Gasteiger partial charge in [0.05, 0.1) is 7.11 Å². The number of carbonyl (C=O) groups is 1. The minimum Gasteiger partial charge on any atom is -0.468 e. The minimum absolute atomic E-state index is 0.231. The number of rotatable bonds is 7. The molecule has 0 amide bonds. The van der Waals surface area contributed by atoms with Crippen molar-refractivity contribution >= 4 is 40.8 Å². The van der Waals surface area contributed by atoms with E-state index in [0.29, 0.717) is 0 Å². The van der Waals surface area contributed by atoms with Crippen molar-refractivity contribution in [1.82, 2.24) is 10.2 Å². The van der Waals surface area contributed by atoms with E-state index in [-0.39, 0.29) is 11.2 Å². The van der Waals surface area contributed by atoms with Crippen molar-refractivity contribution in [2.24, 2.45) is 0 Å². The molecule has 0 N–H and O–H groups in total. The number of esters is 1. The van der Waals surface area contributed by atoms with Crippen LogP contribution in [0.25, 0.3) is 0 Å². The summed E-state index contributed by atoms with van der Waals surface area (Å²) >= 11 is 4.65. The van der Waals surface area contributed by atoms with Crippen LogP contribution in [0.5, 0.6) is 0 Å². The third-order valence-corrected chi connectivity index (χ3v) is 5.23. The van der Waals surface area contributed by atoms with Gasteiger partial charge in [-0.2, -0.15) is 0 Å². The molecule has 0 aromatic carbocycles. The summed E-state index contributed by atoms with van der Waals surface area (Å²) < 4.78 is 6.45.